The molecule has 0 aliphatic carbocycles. The predicted molar refractivity (Wildman–Crippen MR) is 74.3 cm³/mol. The smallest absolute Gasteiger partial charge is 0.335 e. The first-order valence-corrected chi connectivity index (χ1v) is 6.57. The molecule has 5 heteroatoms. The Morgan fingerprint density at radius 3 is 2.58 bits per heavy atom. The Bertz CT molecular complexity index is 420. The van der Waals surface area contributed by atoms with E-state index in [1.807, 2.05) is 0 Å². The molecule has 4 nitrogen and oxygen atoms in total. The van der Waals surface area contributed by atoms with E-state index in [9.17, 15) is 9.18 Å². The number of rotatable bonds is 8. The summed E-state index contributed by atoms with van der Waals surface area (Å²) in [5, 5.41) is 11.7. The molecule has 19 heavy (non-hydrogen) atoms. The van der Waals surface area contributed by atoms with Crippen LogP contribution in [-0.2, 0) is 0 Å². The van der Waals surface area contributed by atoms with E-state index in [0.717, 1.165) is 32.1 Å². The van der Waals surface area contributed by atoms with Crippen molar-refractivity contribution in [1.29, 1.82) is 0 Å². The summed E-state index contributed by atoms with van der Waals surface area (Å²) >= 11 is 0. The Morgan fingerprint density at radius 2 is 2.05 bits per heavy atom. The summed E-state index contributed by atoms with van der Waals surface area (Å²) < 4.78 is 13.6. The van der Waals surface area contributed by atoms with Gasteiger partial charge in [0.2, 0.25) is 0 Å². The van der Waals surface area contributed by atoms with Crippen LogP contribution >= 0.6 is 0 Å². The second kappa shape index (κ2) is 7.74. The number of anilines is 1. The highest BCUT2D eigenvalue weighted by atomic mass is 19.1. The SMILES string of the molecule is CCN(CC)CCCNc1ccc(C(=O)O)cc1F. The van der Waals surface area contributed by atoms with Gasteiger partial charge in [-0.1, -0.05) is 13.8 Å². The minimum atomic E-state index is -1.12. The van der Waals surface area contributed by atoms with Crippen molar-refractivity contribution in [3.8, 4) is 0 Å². The van der Waals surface area contributed by atoms with E-state index in [0.29, 0.717) is 12.2 Å². The number of hydrogen-bond acceptors (Lipinski definition) is 3. The summed E-state index contributed by atoms with van der Waals surface area (Å²) in [6.07, 6.45) is 0.918. The average Bonchev–Trinajstić information content (AvgIpc) is 2.40. The highest BCUT2D eigenvalue weighted by Crippen LogP contribution is 2.15. The lowest BCUT2D eigenvalue weighted by molar-refractivity contribution is 0.0696. The van der Waals surface area contributed by atoms with Gasteiger partial charge in [0.05, 0.1) is 11.3 Å². The largest absolute Gasteiger partial charge is 0.478 e. The van der Waals surface area contributed by atoms with Gasteiger partial charge in [0, 0.05) is 6.54 Å². The number of hydrogen-bond donors (Lipinski definition) is 2. The van der Waals surface area contributed by atoms with Crippen molar-refractivity contribution in [3.63, 3.8) is 0 Å². The van der Waals surface area contributed by atoms with Crippen LogP contribution in [0.1, 0.15) is 30.6 Å². The van der Waals surface area contributed by atoms with E-state index in [1.165, 1.54) is 12.1 Å². The molecule has 0 amide bonds. The summed E-state index contributed by atoms with van der Waals surface area (Å²) in [5.41, 5.74) is 0.315. The second-order valence-electron chi connectivity index (χ2n) is 4.31. The Morgan fingerprint density at radius 1 is 1.37 bits per heavy atom. The van der Waals surface area contributed by atoms with Crippen molar-refractivity contribution in [2.45, 2.75) is 20.3 Å². The van der Waals surface area contributed by atoms with Crippen LogP contribution in [0.15, 0.2) is 18.2 Å². The lowest BCUT2D eigenvalue weighted by Crippen LogP contribution is -2.25. The molecule has 0 saturated carbocycles. The topological polar surface area (TPSA) is 52.6 Å². The zero-order valence-corrected chi connectivity index (χ0v) is 11.4. The number of nitrogens with zero attached hydrogens (tertiary/aromatic N) is 1. The quantitative estimate of drug-likeness (QED) is 0.712. The van der Waals surface area contributed by atoms with Gasteiger partial charge in [-0.15, -0.1) is 0 Å². The van der Waals surface area contributed by atoms with Crippen LogP contribution in [-0.4, -0.2) is 42.2 Å². The second-order valence-corrected chi connectivity index (χ2v) is 4.31. The van der Waals surface area contributed by atoms with Crippen LogP contribution in [0.3, 0.4) is 0 Å². The van der Waals surface area contributed by atoms with Crippen LogP contribution < -0.4 is 5.32 Å². The Kier molecular flexibility index (Phi) is 6.29. The maximum atomic E-state index is 13.6. The molecule has 2 N–H and O–H groups in total. The summed E-state index contributed by atoms with van der Waals surface area (Å²) in [4.78, 5) is 13.0. The summed E-state index contributed by atoms with van der Waals surface area (Å²) in [6.45, 7) is 7.88. The monoisotopic (exact) mass is 268 g/mol. The zero-order chi connectivity index (χ0) is 14.3. The van der Waals surface area contributed by atoms with Gasteiger partial charge in [-0.05, 0) is 44.3 Å². The number of carbonyl (C=O) groups is 1. The molecule has 0 bridgehead atoms. The van der Waals surface area contributed by atoms with E-state index >= 15 is 0 Å². The minimum Gasteiger partial charge on any atom is -0.478 e. The summed E-state index contributed by atoms with van der Waals surface area (Å²) in [5.74, 6) is -1.64. The molecule has 106 valence electrons. The normalized spacial score (nSPS) is 10.7. The fourth-order valence-corrected chi connectivity index (χ4v) is 1.86. The van der Waals surface area contributed by atoms with E-state index in [4.69, 9.17) is 5.11 Å². The van der Waals surface area contributed by atoms with Crippen molar-refractivity contribution in [1.82, 2.24) is 4.90 Å². The fourth-order valence-electron chi connectivity index (χ4n) is 1.86. The van der Waals surface area contributed by atoms with E-state index in [1.54, 1.807) is 0 Å². The standard InChI is InChI=1S/C14H21FN2O2/c1-3-17(4-2)9-5-8-16-13-7-6-11(14(18)19)10-12(13)15/h6-7,10,16H,3-5,8-9H2,1-2H3,(H,18,19). The van der Waals surface area contributed by atoms with Gasteiger partial charge in [0.15, 0.2) is 0 Å². The first-order chi connectivity index (χ1) is 9.08. The molecule has 0 fully saturated rings. The minimum absolute atomic E-state index is 0.0359. The molecule has 0 radical (unpaired) electrons. The number of nitrogens with one attached hydrogen (secondary N) is 1. The summed E-state index contributed by atoms with van der Waals surface area (Å²) in [6, 6.07) is 3.91. The molecular weight excluding hydrogens is 247 g/mol. The molecule has 0 atom stereocenters. The number of carboxylic acid groups (broad SMARTS) is 1. The van der Waals surface area contributed by atoms with Crippen LogP contribution in [0.2, 0.25) is 0 Å². The van der Waals surface area contributed by atoms with Crippen molar-refractivity contribution >= 4 is 11.7 Å². The molecule has 0 unspecified atom stereocenters. The van der Waals surface area contributed by atoms with Crippen LogP contribution in [0, 0.1) is 5.82 Å². The lowest BCUT2D eigenvalue weighted by atomic mass is 10.2. The third-order valence-electron chi connectivity index (χ3n) is 3.08. The molecule has 1 aromatic rings. The number of benzene rings is 1. The maximum absolute atomic E-state index is 13.6. The fraction of sp³-hybridized carbons (Fsp3) is 0.500. The summed E-state index contributed by atoms with van der Waals surface area (Å²) in [7, 11) is 0. The zero-order valence-electron chi connectivity index (χ0n) is 11.4. The predicted octanol–water partition coefficient (Wildman–Crippen LogP) is 2.67. The molecule has 1 aromatic carbocycles. The molecular formula is C14H21FN2O2. The van der Waals surface area contributed by atoms with Crippen LogP contribution in [0.4, 0.5) is 10.1 Å². The molecule has 0 spiro atoms. The first-order valence-electron chi connectivity index (χ1n) is 6.57. The van der Waals surface area contributed by atoms with E-state index in [2.05, 4.69) is 24.1 Å². The highest BCUT2D eigenvalue weighted by Gasteiger charge is 2.07. The highest BCUT2D eigenvalue weighted by molar-refractivity contribution is 5.88. The molecule has 0 heterocycles. The van der Waals surface area contributed by atoms with Gasteiger partial charge in [0.1, 0.15) is 5.82 Å². The number of carboxylic acids is 1. The van der Waals surface area contributed by atoms with Crippen molar-refractivity contribution in [2.75, 3.05) is 31.5 Å². The first kappa shape index (κ1) is 15.4. The third kappa shape index (κ3) is 4.87. The van der Waals surface area contributed by atoms with Crippen molar-refractivity contribution in [2.24, 2.45) is 0 Å². The lowest BCUT2D eigenvalue weighted by Gasteiger charge is -2.18. The van der Waals surface area contributed by atoms with Crippen LogP contribution in [0.5, 0.6) is 0 Å². The van der Waals surface area contributed by atoms with Gasteiger partial charge < -0.3 is 15.3 Å². The Balaban J connectivity index is 2.43. The Hall–Kier alpha value is -1.62. The van der Waals surface area contributed by atoms with Crippen molar-refractivity contribution < 1.29 is 14.3 Å². The number of halogens is 1. The van der Waals surface area contributed by atoms with Crippen LogP contribution in [0.25, 0.3) is 0 Å². The van der Waals surface area contributed by atoms with E-state index < -0.39 is 11.8 Å². The van der Waals surface area contributed by atoms with Gasteiger partial charge >= 0.3 is 5.97 Å². The molecule has 0 aromatic heterocycles. The van der Waals surface area contributed by atoms with Gasteiger partial charge in [-0.2, -0.15) is 0 Å². The van der Waals surface area contributed by atoms with Gasteiger partial charge in [0.25, 0.3) is 0 Å². The number of aromatic carboxylic acids is 1. The molecule has 0 saturated heterocycles. The van der Waals surface area contributed by atoms with Gasteiger partial charge in [-0.3, -0.25) is 0 Å². The van der Waals surface area contributed by atoms with Crippen molar-refractivity contribution in [3.05, 3.63) is 29.6 Å². The molecule has 0 aliphatic rings. The van der Waals surface area contributed by atoms with E-state index in [-0.39, 0.29) is 5.56 Å². The molecule has 1 rings (SSSR count). The average molecular weight is 268 g/mol. The van der Waals surface area contributed by atoms with Gasteiger partial charge in [-0.25, -0.2) is 9.18 Å². The molecule has 0 aliphatic heterocycles. The maximum Gasteiger partial charge on any atom is 0.335 e. The third-order valence-corrected chi connectivity index (χ3v) is 3.08. The Labute approximate surface area is 113 Å².